The fraction of sp³-hybridized carbons (Fsp3) is 0.364. The second kappa shape index (κ2) is 8.03. The zero-order chi connectivity index (χ0) is 20.4. The summed E-state index contributed by atoms with van der Waals surface area (Å²) in [5.41, 5.74) is 2.19. The van der Waals surface area contributed by atoms with Crippen molar-refractivity contribution < 1.29 is 9.32 Å². The number of nitrogens with one attached hydrogen (secondary N) is 1. The molecule has 1 saturated carbocycles. The summed E-state index contributed by atoms with van der Waals surface area (Å²) in [5, 5.41) is 6.91. The first-order valence-corrected chi connectivity index (χ1v) is 9.95. The number of aromatic nitrogens is 3. The Morgan fingerprint density at radius 1 is 1.28 bits per heavy atom. The van der Waals surface area contributed by atoms with Gasteiger partial charge in [-0.15, -0.1) is 0 Å². The summed E-state index contributed by atoms with van der Waals surface area (Å²) in [4.78, 5) is 30.2. The van der Waals surface area contributed by atoms with Crippen molar-refractivity contribution in [3.05, 3.63) is 69.9 Å². The average Bonchev–Trinajstić information content (AvgIpc) is 3.46. The minimum atomic E-state index is -0.612. The van der Waals surface area contributed by atoms with Gasteiger partial charge in [-0.1, -0.05) is 41.9 Å². The lowest BCUT2D eigenvalue weighted by molar-refractivity contribution is -0.124. The van der Waals surface area contributed by atoms with Gasteiger partial charge in [0.2, 0.25) is 5.91 Å². The smallest absolute Gasteiger partial charge is 0.264 e. The Balaban J connectivity index is 1.54. The van der Waals surface area contributed by atoms with Crippen LogP contribution >= 0.6 is 0 Å². The van der Waals surface area contributed by atoms with E-state index >= 15 is 0 Å². The molecule has 1 atom stereocenters. The van der Waals surface area contributed by atoms with Gasteiger partial charge in [0.05, 0.1) is 0 Å². The van der Waals surface area contributed by atoms with E-state index in [4.69, 9.17) is 4.52 Å². The summed E-state index contributed by atoms with van der Waals surface area (Å²) >= 11 is 0. The molecule has 150 valence electrons. The summed E-state index contributed by atoms with van der Waals surface area (Å²) in [7, 11) is 0. The molecule has 1 amide bonds. The number of pyridine rings is 1. The molecule has 2 aromatic heterocycles. The summed E-state index contributed by atoms with van der Waals surface area (Å²) in [5.74, 6) is 1.00. The number of carbonyl (C=O) groups excluding carboxylic acids is 1. The highest BCUT2D eigenvalue weighted by Crippen LogP contribution is 2.38. The number of aryl methyl sites for hydroxylation is 1. The first-order valence-electron chi connectivity index (χ1n) is 9.95. The Kier molecular flexibility index (Phi) is 5.29. The molecule has 29 heavy (non-hydrogen) atoms. The summed E-state index contributed by atoms with van der Waals surface area (Å²) in [6.07, 6.45) is 4.22. The molecule has 1 N–H and O–H groups in total. The van der Waals surface area contributed by atoms with Gasteiger partial charge in [0, 0.05) is 18.7 Å². The van der Waals surface area contributed by atoms with Crippen LogP contribution < -0.4 is 10.9 Å². The Bertz CT molecular complexity index is 1060. The van der Waals surface area contributed by atoms with Gasteiger partial charge >= 0.3 is 0 Å². The molecule has 0 bridgehead atoms. The van der Waals surface area contributed by atoms with Gasteiger partial charge in [-0.3, -0.25) is 9.59 Å². The van der Waals surface area contributed by atoms with Gasteiger partial charge in [-0.2, -0.15) is 4.98 Å². The van der Waals surface area contributed by atoms with Crippen LogP contribution in [0.4, 0.5) is 0 Å². The van der Waals surface area contributed by atoms with Crippen LogP contribution in [0.2, 0.25) is 0 Å². The zero-order valence-electron chi connectivity index (χ0n) is 16.6. The average molecular weight is 392 g/mol. The summed E-state index contributed by atoms with van der Waals surface area (Å²) in [6.45, 7) is 4.32. The number of rotatable bonds is 7. The number of benzene rings is 1. The van der Waals surface area contributed by atoms with Crippen molar-refractivity contribution in [1.82, 2.24) is 20.0 Å². The van der Waals surface area contributed by atoms with E-state index in [2.05, 4.69) is 15.5 Å². The van der Waals surface area contributed by atoms with Gasteiger partial charge in [0.15, 0.2) is 5.82 Å². The van der Waals surface area contributed by atoms with Crippen LogP contribution in [0.3, 0.4) is 0 Å². The maximum Gasteiger partial charge on any atom is 0.264 e. The van der Waals surface area contributed by atoms with E-state index in [1.54, 1.807) is 18.3 Å². The van der Waals surface area contributed by atoms with Crippen LogP contribution in [0.15, 0.2) is 51.9 Å². The fourth-order valence-electron chi connectivity index (χ4n) is 3.29. The lowest BCUT2D eigenvalue weighted by Gasteiger charge is -2.18. The van der Waals surface area contributed by atoms with Crippen LogP contribution in [-0.2, 0) is 11.3 Å². The first kappa shape index (κ1) is 19.1. The third kappa shape index (κ3) is 4.13. The lowest BCUT2D eigenvalue weighted by Crippen LogP contribution is -2.37. The summed E-state index contributed by atoms with van der Waals surface area (Å²) < 4.78 is 6.75. The van der Waals surface area contributed by atoms with E-state index in [1.807, 2.05) is 38.1 Å². The van der Waals surface area contributed by atoms with E-state index in [1.165, 1.54) is 10.1 Å². The highest BCUT2D eigenvalue weighted by Gasteiger charge is 2.30. The van der Waals surface area contributed by atoms with Crippen LogP contribution in [0.25, 0.3) is 11.5 Å². The quantitative estimate of drug-likeness (QED) is 0.666. The van der Waals surface area contributed by atoms with E-state index in [9.17, 15) is 9.59 Å². The Morgan fingerprint density at radius 2 is 2.03 bits per heavy atom. The van der Waals surface area contributed by atoms with Gasteiger partial charge < -0.3 is 14.4 Å². The van der Waals surface area contributed by atoms with Gasteiger partial charge in [0.1, 0.15) is 11.6 Å². The van der Waals surface area contributed by atoms with Gasteiger partial charge in [0.25, 0.3) is 11.4 Å². The third-order valence-corrected chi connectivity index (χ3v) is 5.20. The third-order valence-electron chi connectivity index (χ3n) is 5.20. The molecule has 0 spiro atoms. The Morgan fingerprint density at radius 3 is 2.72 bits per heavy atom. The fourth-order valence-corrected chi connectivity index (χ4v) is 3.29. The highest BCUT2D eigenvalue weighted by atomic mass is 16.5. The molecule has 7 heteroatoms. The second-order valence-corrected chi connectivity index (χ2v) is 7.49. The van der Waals surface area contributed by atoms with Crippen molar-refractivity contribution in [2.45, 2.75) is 51.6 Å². The van der Waals surface area contributed by atoms with E-state index < -0.39 is 6.04 Å². The maximum atomic E-state index is 13.0. The van der Waals surface area contributed by atoms with Crippen molar-refractivity contribution in [3.8, 4) is 11.5 Å². The van der Waals surface area contributed by atoms with Crippen LogP contribution in [0.1, 0.15) is 55.1 Å². The van der Waals surface area contributed by atoms with E-state index in [0.29, 0.717) is 30.3 Å². The number of carbonyl (C=O) groups is 1. The van der Waals surface area contributed by atoms with Gasteiger partial charge in [-0.25, -0.2) is 0 Å². The maximum absolute atomic E-state index is 13.0. The largest absolute Gasteiger partial charge is 0.350 e. The first-order chi connectivity index (χ1) is 14.1. The summed E-state index contributed by atoms with van der Waals surface area (Å²) in [6, 6.07) is 10.7. The van der Waals surface area contributed by atoms with Crippen LogP contribution in [-0.4, -0.2) is 20.6 Å². The molecule has 1 fully saturated rings. The van der Waals surface area contributed by atoms with Crippen molar-refractivity contribution in [3.63, 3.8) is 0 Å². The molecule has 1 aliphatic rings. The molecule has 0 radical (unpaired) electrons. The number of hydrogen-bond donors (Lipinski definition) is 1. The number of amides is 1. The molecular formula is C22H24N4O3. The van der Waals surface area contributed by atoms with Crippen molar-refractivity contribution in [2.75, 3.05) is 0 Å². The number of nitrogens with zero attached hydrogens (tertiary/aromatic N) is 3. The molecule has 4 rings (SSSR count). The monoisotopic (exact) mass is 392 g/mol. The van der Waals surface area contributed by atoms with Crippen molar-refractivity contribution in [2.24, 2.45) is 0 Å². The van der Waals surface area contributed by atoms with E-state index in [0.717, 1.165) is 18.4 Å². The molecule has 3 aromatic rings. The standard InChI is InChI=1S/C22H24N4O3/c1-3-18(20(27)23-13-15-8-6-14(2)7-9-15)26-12-4-5-17(22(26)28)21-24-19(25-29-21)16-10-11-16/h4-9,12,16,18H,3,10-11,13H2,1-2H3,(H,23,27)/t18-/m0/s1. The predicted molar refractivity (Wildman–Crippen MR) is 108 cm³/mol. The highest BCUT2D eigenvalue weighted by molar-refractivity contribution is 5.80. The SMILES string of the molecule is CC[C@@H](C(=O)NCc1ccc(C)cc1)n1cccc(-c2nc(C3CC3)no2)c1=O. The Labute approximate surface area is 168 Å². The molecule has 1 aliphatic carbocycles. The topological polar surface area (TPSA) is 90.0 Å². The molecule has 2 heterocycles. The Hall–Kier alpha value is -3.22. The molecule has 7 nitrogen and oxygen atoms in total. The van der Waals surface area contributed by atoms with Crippen LogP contribution in [0.5, 0.6) is 0 Å². The normalized spacial score (nSPS) is 14.6. The molecule has 0 saturated heterocycles. The second-order valence-electron chi connectivity index (χ2n) is 7.49. The van der Waals surface area contributed by atoms with E-state index in [-0.39, 0.29) is 17.4 Å². The van der Waals surface area contributed by atoms with Crippen LogP contribution in [0, 0.1) is 6.92 Å². The lowest BCUT2D eigenvalue weighted by atomic mass is 10.1. The molecular weight excluding hydrogens is 368 g/mol. The molecule has 0 unspecified atom stereocenters. The predicted octanol–water partition coefficient (Wildman–Crippen LogP) is 3.35. The minimum Gasteiger partial charge on any atom is -0.350 e. The van der Waals surface area contributed by atoms with Crippen molar-refractivity contribution in [1.29, 1.82) is 0 Å². The zero-order valence-corrected chi connectivity index (χ0v) is 16.6. The minimum absolute atomic E-state index is 0.198. The number of hydrogen-bond acceptors (Lipinski definition) is 5. The molecule has 1 aromatic carbocycles. The molecule has 0 aliphatic heterocycles. The van der Waals surface area contributed by atoms with Gasteiger partial charge in [-0.05, 0) is 43.9 Å². The van der Waals surface area contributed by atoms with Crippen molar-refractivity contribution >= 4 is 5.91 Å².